The molecule has 0 radical (unpaired) electrons. The predicted molar refractivity (Wildman–Crippen MR) is 73.7 cm³/mol. The highest BCUT2D eigenvalue weighted by atomic mass is 16.5. The average molecular weight is 258 g/mol. The van der Waals surface area contributed by atoms with E-state index in [-0.39, 0.29) is 0 Å². The Balaban J connectivity index is 2.08. The van der Waals surface area contributed by atoms with Crippen LogP contribution in [0.2, 0.25) is 0 Å². The number of anilines is 1. The lowest BCUT2D eigenvalue weighted by Crippen LogP contribution is -2.10. The maximum absolute atomic E-state index is 11.0. The van der Waals surface area contributed by atoms with E-state index in [0.29, 0.717) is 12.4 Å². The summed E-state index contributed by atoms with van der Waals surface area (Å²) in [6.07, 6.45) is 3.04. The number of nitrogens with one attached hydrogen (secondary N) is 2. The van der Waals surface area contributed by atoms with Gasteiger partial charge in [0, 0.05) is 11.8 Å². The Labute approximate surface area is 110 Å². The third-order valence-corrected chi connectivity index (χ3v) is 2.28. The molecule has 0 aliphatic carbocycles. The predicted octanol–water partition coefficient (Wildman–Crippen LogP) is 1.61. The summed E-state index contributed by atoms with van der Waals surface area (Å²) in [6.45, 7) is 2.52. The molecule has 1 heterocycles. The van der Waals surface area contributed by atoms with Crippen molar-refractivity contribution in [1.82, 2.24) is 9.97 Å². The van der Waals surface area contributed by atoms with Crippen molar-refractivity contribution in [3.05, 3.63) is 52.6 Å². The summed E-state index contributed by atoms with van der Waals surface area (Å²) < 4.78 is 5.47. The molecule has 0 saturated carbocycles. The molecular formula is C13H14N4O2. The van der Waals surface area contributed by atoms with E-state index >= 15 is 0 Å². The van der Waals surface area contributed by atoms with Crippen LogP contribution in [-0.4, -0.2) is 22.8 Å². The van der Waals surface area contributed by atoms with Crippen molar-refractivity contribution in [3.8, 4) is 5.75 Å². The van der Waals surface area contributed by atoms with Gasteiger partial charge in [0.2, 0.25) is 0 Å². The van der Waals surface area contributed by atoms with Crippen LogP contribution in [-0.2, 0) is 0 Å². The maximum atomic E-state index is 11.0. The number of H-pyrrole nitrogens is 1. The number of benzene rings is 1. The van der Waals surface area contributed by atoms with Gasteiger partial charge in [-0.25, -0.2) is 9.78 Å². The zero-order valence-corrected chi connectivity index (χ0v) is 10.5. The van der Waals surface area contributed by atoms with Crippen molar-refractivity contribution in [3.63, 3.8) is 0 Å². The van der Waals surface area contributed by atoms with Crippen molar-refractivity contribution in [2.24, 2.45) is 5.10 Å². The molecule has 1 aromatic heterocycles. The van der Waals surface area contributed by atoms with E-state index < -0.39 is 5.69 Å². The number of aromatic amines is 1. The molecule has 0 saturated heterocycles. The molecule has 0 fully saturated rings. The van der Waals surface area contributed by atoms with Crippen LogP contribution in [0.1, 0.15) is 12.5 Å². The molecule has 6 nitrogen and oxygen atoms in total. The first kappa shape index (κ1) is 12.8. The van der Waals surface area contributed by atoms with Crippen molar-refractivity contribution in [1.29, 1.82) is 0 Å². The van der Waals surface area contributed by atoms with E-state index in [1.807, 2.05) is 31.2 Å². The molecule has 0 amide bonds. The van der Waals surface area contributed by atoms with Crippen LogP contribution in [0.3, 0.4) is 0 Å². The number of aromatic nitrogens is 2. The summed E-state index contributed by atoms with van der Waals surface area (Å²) >= 11 is 0. The quantitative estimate of drug-likeness (QED) is 0.631. The van der Waals surface area contributed by atoms with Gasteiger partial charge in [-0.15, -0.1) is 0 Å². The van der Waals surface area contributed by atoms with Crippen molar-refractivity contribution < 1.29 is 4.74 Å². The van der Waals surface area contributed by atoms with Gasteiger partial charge >= 0.3 is 5.69 Å². The van der Waals surface area contributed by atoms with Gasteiger partial charge in [0.15, 0.2) is 0 Å². The molecule has 0 spiro atoms. The monoisotopic (exact) mass is 258 g/mol. The first-order valence-corrected chi connectivity index (χ1v) is 5.86. The Bertz CT molecular complexity index is 622. The van der Waals surface area contributed by atoms with Crippen LogP contribution >= 0.6 is 0 Å². The van der Waals surface area contributed by atoms with E-state index in [0.717, 1.165) is 11.3 Å². The second-order valence-electron chi connectivity index (χ2n) is 3.63. The molecule has 0 atom stereocenters. The fraction of sp³-hybridized carbons (Fsp3) is 0.154. The summed E-state index contributed by atoms with van der Waals surface area (Å²) in [4.78, 5) is 17.0. The molecule has 0 unspecified atom stereocenters. The van der Waals surface area contributed by atoms with Gasteiger partial charge in [0.05, 0.1) is 12.8 Å². The Morgan fingerprint density at radius 3 is 3.05 bits per heavy atom. The topological polar surface area (TPSA) is 79.4 Å². The molecule has 0 aliphatic rings. The lowest BCUT2D eigenvalue weighted by atomic mass is 10.2. The number of rotatable bonds is 5. The third-order valence-electron chi connectivity index (χ3n) is 2.28. The summed E-state index contributed by atoms with van der Waals surface area (Å²) in [5, 5.41) is 4.04. The minimum absolute atomic E-state index is 0.421. The van der Waals surface area contributed by atoms with Crippen molar-refractivity contribution in [2.75, 3.05) is 12.0 Å². The molecule has 2 N–H and O–H groups in total. The summed E-state index contributed by atoms with van der Waals surface area (Å²) in [5.41, 5.74) is 3.16. The van der Waals surface area contributed by atoms with Gasteiger partial charge in [0.1, 0.15) is 11.6 Å². The van der Waals surface area contributed by atoms with E-state index in [1.165, 1.54) is 6.20 Å². The number of hydrazone groups is 1. The number of hydrogen-bond donors (Lipinski definition) is 2. The standard InChI is InChI=1S/C13H14N4O2/c1-2-19-11-6-4-3-5-10(11)9-15-17-12-7-8-14-13(18)16-12/h3-9H,2H2,1H3,(H2,14,16,17,18). The minimum atomic E-state index is -0.421. The minimum Gasteiger partial charge on any atom is -0.493 e. The number of nitrogens with zero attached hydrogens (tertiary/aromatic N) is 2. The largest absolute Gasteiger partial charge is 0.493 e. The van der Waals surface area contributed by atoms with Gasteiger partial charge in [-0.3, -0.25) is 10.4 Å². The van der Waals surface area contributed by atoms with Crippen LogP contribution in [0.25, 0.3) is 0 Å². The fourth-order valence-electron chi connectivity index (χ4n) is 1.48. The smallest absolute Gasteiger partial charge is 0.346 e. The molecule has 1 aromatic carbocycles. The average Bonchev–Trinajstić information content (AvgIpc) is 2.41. The molecular weight excluding hydrogens is 244 g/mol. The maximum Gasteiger partial charge on any atom is 0.346 e. The normalized spacial score (nSPS) is 10.6. The van der Waals surface area contributed by atoms with Gasteiger partial charge in [-0.1, -0.05) is 12.1 Å². The summed E-state index contributed by atoms with van der Waals surface area (Å²) in [6, 6.07) is 9.19. The highest BCUT2D eigenvalue weighted by Gasteiger charge is 1.98. The number of ether oxygens (including phenoxy) is 1. The van der Waals surface area contributed by atoms with Crippen LogP contribution in [0.15, 0.2) is 46.4 Å². The summed E-state index contributed by atoms with van der Waals surface area (Å²) in [7, 11) is 0. The van der Waals surface area contributed by atoms with Crippen LogP contribution in [0.4, 0.5) is 5.82 Å². The van der Waals surface area contributed by atoms with Crippen molar-refractivity contribution >= 4 is 12.0 Å². The van der Waals surface area contributed by atoms with Crippen LogP contribution in [0.5, 0.6) is 5.75 Å². The molecule has 98 valence electrons. The van der Waals surface area contributed by atoms with Gasteiger partial charge in [-0.05, 0) is 25.1 Å². The molecule has 0 aliphatic heterocycles. The SMILES string of the molecule is CCOc1ccccc1C=NNc1ccnc(=O)[nH]1. The second kappa shape index (κ2) is 6.34. The Hall–Kier alpha value is -2.63. The zero-order chi connectivity index (χ0) is 13.5. The van der Waals surface area contributed by atoms with E-state index in [4.69, 9.17) is 4.74 Å². The van der Waals surface area contributed by atoms with E-state index in [9.17, 15) is 4.79 Å². The van der Waals surface area contributed by atoms with Gasteiger partial charge in [0.25, 0.3) is 0 Å². The highest BCUT2D eigenvalue weighted by Crippen LogP contribution is 2.15. The summed E-state index contributed by atoms with van der Waals surface area (Å²) in [5.74, 6) is 1.24. The van der Waals surface area contributed by atoms with Crippen LogP contribution < -0.4 is 15.9 Å². The molecule has 6 heteroatoms. The zero-order valence-electron chi connectivity index (χ0n) is 10.5. The lowest BCUT2D eigenvalue weighted by molar-refractivity contribution is 0.340. The van der Waals surface area contributed by atoms with Gasteiger partial charge < -0.3 is 4.74 Å². The molecule has 19 heavy (non-hydrogen) atoms. The van der Waals surface area contributed by atoms with E-state index in [2.05, 4.69) is 20.5 Å². The third kappa shape index (κ3) is 3.67. The lowest BCUT2D eigenvalue weighted by Gasteiger charge is -2.05. The second-order valence-corrected chi connectivity index (χ2v) is 3.63. The Kier molecular flexibility index (Phi) is 4.28. The van der Waals surface area contributed by atoms with Crippen LogP contribution in [0, 0.1) is 0 Å². The molecule has 2 rings (SSSR count). The molecule has 0 bridgehead atoms. The first-order valence-electron chi connectivity index (χ1n) is 5.86. The highest BCUT2D eigenvalue weighted by molar-refractivity contribution is 5.83. The first-order chi connectivity index (χ1) is 9.29. The van der Waals surface area contributed by atoms with Crippen molar-refractivity contribution in [2.45, 2.75) is 6.92 Å². The Morgan fingerprint density at radius 2 is 2.26 bits per heavy atom. The Morgan fingerprint density at radius 1 is 1.42 bits per heavy atom. The van der Waals surface area contributed by atoms with E-state index in [1.54, 1.807) is 12.3 Å². The van der Waals surface area contributed by atoms with Gasteiger partial charge in [-0.2, -0.15) is 5.10 Å². The number of hydrogen-bond acceptors (Lipinski definition) is 5. The number of para-hydroxylation sites is 1. The molecule has 2 aromatic rings. The fourth-order valence-corrected chi connectivity index (χ4v) is 1.48.